The zero-order valence-corrected chi connectivity index (χ0v) is 7.64. The maximum Gasteiger partial charge on any atom is 0.168 e. The van der Waals surface area contributed by atoms with Gasteiger partial charge in [0.15, 0.2) is 11.6 Å². The molecule has 1 rings (SSSR count). The first-order valence-corrected chi connectivity index (χ1v) is 3.94. The molecule has 0 atom stereocenters. The third-order valence-corrected chi connectivity index (χ3v) is 1.83. The minimum atomic E-state index is -0.964. The Balaban J connectivity index is 3.42. The maximum atomic E-state index is 13.3. The lowest BCUT2D eigenvalue weighted by molar-refractivity contribution is 0.505. The van der Waals surface area contributed by atoms with Gasteiger partial charge in [0.25, 0.3) is 0 Å². The van der Waals surface area contributed by atoms with E-state index in [0.717, 1.165) is 6.07 Å². The van der Waals surface area contributed by atoms with Crippen molar-refractivity contribution in [1.29, 1.82) is 0 Å². The monoisotopic (exact) mass is 193 g/mol. The first-order chi connectivity index (χ1) is 6.57. The molecule has 0 unspecified atom stereocenters. The van der Waals surface area contributed by atoms with Gasteiger partial charge in [0, 0.05) is 11.6 Å². The lowest BCUT2D eigenvalue weighted by Crippen LogP contribution is -2.03. The fourth-order valence-electron chi connectivity index (χ4n) is 1.16. The molecule has 0 aliphatic heterocycles. The van der Waals surface area contributed by atoms with Gasteiger partial charge in [-0.2, -0.15) is 0 Å². The van der Waals surface area contributed by atoms with Gasteiger partial charge in [0.2, 0.25) is 0 Å². The van der Waals surface area contributed by atoms with Gasteiger partial charge in [0.05, 0.1) is 5.70 Å². The van der Waals surface area contributed by atoms with Gasteiger partial charge in [-0.05, 0) is 18.6 Å². The summed E-state index contributed by atoms with van der Waals surface area (Å²) in [6.45, 7) is 1.63. The predicted molar refractivity (Wildman–Crippen MR) is 52.1 cm³/mol. The van der Waals surface area contributed by atoms with Crippen molar-refractivity contribution < 1.29 is 8.78 Å². The summed E-state index contributed by atoms with van der Waals surface area (Å²) in [5, 5.41) is 0. The summed E-state index contributed by atoms with van der Waals surface area (Å²) in [5.41, 5.74) is 6.12. The highest BCUT2D eigenvalue weighted by molar-refractivity contribution is 5.68. The highest BCUT2D eigenvalue weighted by Crippen LogP contribution is 2.20. The van der Waals surface area contributed by atoms with Gasteiger partial charge in [-0.3, -0.25) is 0 Å². The number of halogens is 2. The minimum absolute atomic E-state index is 0.0305. The summed E-state index contributed by atoms with van der Waals surface area (Å²) in [7, 11) is 0. The fourth-order valence-corrected chi connectivity index (χ4v) is 1.16. The van der Waals surface area contributed by atoms with Crippen LogP contribution in [0.2, 0.25) is 0 Å². The molecule has 0 radical (unpaired) electrons. The maximum absolute atomic E-state index is 13.3. The molecule has 0 saturated heterocycles. The summed E-state index contributed by atoms with van der Waals surface area (Å²) in [5.74, 6) is 0.268. The Labute approximate surface area is 81.2 Å². The molecule has 0 bridgehead atoms. The second-order valence-electron chi connectivity index (χ2n) is 2.82. The summed E-state index contributed by atoms with van der Waals surface area (Å²) in [6, 6.07) is 2.50. The Morgan fingerprint density at radius 1 is 1.50 bits per heavy atom. The van der Waals surface area contributed by atoms with Gasteiger partial charge in [-0.15, -0.1) is 6.42 Å². The number of rotatable bonds is 1. The van der Waals surface area contributed by atoms with E-state index in [9.17, 15) is 8.78 Å². The molecule has 0 fully saturated rings. The summed E-state index contributed by atoms with van der Waals surface area (Å²) in [6.07, 6.45) is 6.18. The second kappa shape index (κ2) is 3.93. The molecule has 1 nitrogen and oxygen atoms in total. The second-order valence-corrected chi connectivity index (χ2v) is 2.82. The normalized spacial score (nSPS) is 11.1. The van der Waals surface area contributed by atoms with E-state index in [1.165, 1.54) is 12.1 Å². The van der Waals surface area contributed by atoms with Crippen LogP contribution in [0.4, 0.5) is 8.78 Å². The van der Waals surface area contributed by atoms with Crippen molar-refractivity contribution in [2.24, 2.45) is 5.73 Å². The minimum Gasteiger partial charge on any atom is -0.398 e. The zero-order chi connectivity index (χ0) is 10.7. The van der Waals surface area contributed by atoms with E-state index in [1.807, 2.05) is 0 Å². The molecule has 0 amide bonds. The van der Waals surface area contributed by atoms with Crippen LogP contribution < -0.4 is 5.73 Å². The van der Waals surface area contributed by atoms with Crippen LogP contribution in [-0.4, -0.2) is 0 Å². The standard InChI is InChI=1S/C11H9F2N/c1-3-4-9(14)10-7(2)5-6-8(12)11(10)13/h1,4-6H,14H2,2H3/b9-4+. The molecule has 1 aromatic rings. The summed E-state index contributed by atoms with van der Waals surface area (Å²) < 4.78 is 26.1. The van der Waals surface area contributed by atoms with Gasteiger partial charge >= 0.3 is 0 Å². The Morgan fingerprint density at radius 2 is 2.14 bits per heavy atom. The molecule has 3 heteroatoms. The van der Waals surface area contributed by atoms with Gasteiger partial charge in [0.1, 0.15) is 0 Å². The van der Waals surface area contributed by atoms with Crippen LogP contribution >= 0.6 is 0 Å². The number of hydrogen-bond acceptors (Lipinski definition) is 1. The molecule has 0 spiro atoms. The SMILES string of the molecule is C#C/C=C(/N)c1c(C)ccc(F)c1F. The number of terminal acetylenes is 1. The van der Waals surface area contributed by atoms with Crippen molar-refractivity contribution in [3.63, 3.8) is 0 Å². The van der Waals surface area contributed by atoms with Crippen molar-refractivity contribution in [2.75, 3.05) is 0 Å². The van der Waals surface area contributed by atoms with Crippen LogP contribution in [0.1, 0.15) is 11.1 Å². The lowest BCUT2D eigenvalue weighted by atomic mass is 10.0. The van der Waals surface area contributed by atoms with E-state index < -0.39 is 11.6 Å². The fraction of sp³-hybridized carbons (Fsp3) is 0.0909. The van der Waals surface area contributed by atoms with Crippen molar-refractivity contribution in [3.8, 4) is 12.3 Å². The molecular formula is C11H9F2N. The van der Waals surface area contributed by atoms with Crippen molar-refractivity contribution in [3.05, 3.63) is 41.0 Å². The molecule has 1 aromatic carbocycles. The van der Waals surface area contributed by atoms with Crippen molar-refractivity contribution in [2.45, 2.75) is 6.92 Å². The number of aryl methyl sites for hydroxylation is 1. The summed E-state index contributed by atoms with van der Waals surface area (Å²) in [4.78, 5) is 0. The Morgan fingerprint density at radius 3 is 2.71 bits per heavy atom. The van der Waals surface area contributed by atoms with Crippen LogP contribution in [0.5, 0.6) is 0 Å². The van der Waals surface area contributed by atoms with Crippen LogP contribution in [-0.2, 0) is 0 Å². The van der Waals surface area contributed by atoms with E-state index in [4.69, 9.17) is 12.2 Å². The molecule has 0 heterocycles. The first-order valence-electron chi connectivity index (χ1n) is 3.94. The summed E-state index contributed by atoms with van der Waals surface area (Å²) >= 11 is 0. The highest BCUT2D eigenvalue weighted by atomic mass is 19.2. The Bertz CT molecular complexity index is 428. The highest BCUT2D eigenvalue weighted by Gasteiger charge is 2.12. The van der Waals surface area contributed by atoms with E-state index in [-0.39, 0.29) is 11.3 Å². The third kappa shape index (κ3) is 1.74. The molecule has 2 N–H and O–H groups in total. The van der Waals surface area contributed by atoms with Crippen LogP contribution in [0.15, 0.2) is 18.2 Å². The quantitative estimate of drug-likeness (QED) is 0.680. The number of hydrogen-bond donors (Lipinski definition) is 1. The van der Waals surface area contributed by atoms with Crippen molar-refractivity contribution >= 4 is 5.70 Å². The third-order valence-electron chi connectivity index (χ3n) is 1.83. The molecule has 72 valence electrons. The number of benzene rings is 1. The number of nitrogens with two attached hydrogens (primary N) is 1. The lowest BCUT2D eigenvalue weighted by Gasteiger charge is -2.07. The zero-order valence-electron chi connectivity index (χ0n) is 7.64. The predicted octanol–water partition coefficient (Wildman–Crippen LogP) is 2.21. The van der Waals surface area contributed by atoms with E-state index in [2.05, 4.69) is 5.92 Å². The van der Waals surface area contributed by atoms with Crippen molar-refractivity contribution in [1.82, 2.24) is 0 Å². The number of allylic oxidation sites excluding steroid dienone is 1. The first kappa shape index (κ1) is 10.3. The molecular weight excluding hydrogens is 184 g/mol. The molecule has 14 heavy (non-hydrogen) atoms. The molecule has 0 aromatic heterocycles. The Kier molecular flexibility index (Phi) is 2.88. The topological polar surface area (TPSA) is 26.0 Å². The smallest absolute Gasteiger partial charge is 0.168 e. The average molecular weight is 193 g/mol. The molecule has 0 saturated carbocycles. The molecule has 0 aliphatic carbocycles. The van der Waals surface area contributed by atoms with Gasteiger partial charge < -0.3 is 5.73 Å². The van der Waals surface area contributed by atoms with Crippen LogP contribution in [0.3, 0.4) is 0 Å². The van der Waals surface area contributed by atoms with Gasteiger partial charge in [-0.1, -0.05) is 12.0 Å². The van der Waals surface area contributed by atoms with Crippen LogP contribution in [0, 0.1) is 30.9 Å². The van der Waals surface area contributed by atoms with Crippen LogP contribution in [0.25, 0.3) is 5.70 Å². The van der Waals surface area contributed by atoms with E-state index >= 15 is 0 Å². The Hall–Kier alpha value is -1.82. The average Bonchev–Trinajstić information content (AvgIpc) is 2.13. The van der Waals surface area contributed by atoms with Gasteiger partial charge in [-0.25, -0.2) is 8.78 Å². The molecule has 0 aliphatic rings. The van der Waals surface area contributed by atoms with E-state index in [1.54, 1.807) is 6.92 Å². The van der Waals surface area contributed by atoms with E-state index in [0.29, 0.717) is 5.56 Å². The largest absolute Gasteiger partial charge is 0.398 e.